The van der Waals surface area contributed by atoms with Crippen molar-refractivity contribution in [2.24, 2.45) is 16.7 Å². The van der Waals surface area contributed by atoms with E-state index in [1.807, 2.05) is 0 Å². The Bertz CT molecular complexity index is 1160. The summed E-state index contributed by atoms with van der Waals surface area (Å²) in [6.07, 6.45) is 27.2. The summed E-state index contributed by atoms with van der Waals surface area (Å²) in [7, 11) is 0. The van der Waals surface area contributed by atoms with Crippen LogP contribution >= 0.6 is 0 Å². The molecule has 1 heteroatoms. The summed E-state index contributed by atoms with van der Waals surface area (Å²) in [5, 5.41) is 10.1. The zero-order valence-electron chi connectivity index (χ0n) is 28.2. The van der Waals surface area contributed by atoms with E-state index in [1.165, 1.54) is 67.2 Å². The molecule has 1 unspecified atom stereocenters. The van der Waals surface area contributed by atoms with Crippen molar-refractivity contribution in [2.45, 2.75) is 140 Å². The topological polar surface area (TPSA) is 20.2 Å². The monoisotopic (exact) mass is 556 g/mol. The fourth-order valence-electron chi connectivity index (χ4n) is 6.52. The maximum Gasteiger partial charge on any atom is 0.0586 e. The van der Waals surface area contributed by atoms with Crippen LogP contribution in [0.25, 0.3) is 0 Å². The van der Waals surface area contributed by atoms with Crippen molar-refractivity contribution >= 4 is 0 Å². The van der Waals surface area contributed by atoms with Gasteiger partial charge in [0.05, 0.1) is 6.10 Å². The van der Waals surface area contributed by atoms with Crippen LogP contribution < -0.4 is 0 Å². The largest absolute Gasteiger partial charge is 0.393 e. The molecule has 2 atom stereocenters. The fraction of sp³-hybridized carbons (Fsp3) is 0.600. The Morgan fingerprint density at radius 2 is 1.63 bits per heavy atom. The number of hydrogen-bond donors (Lipinski definition) is 1. The lowest BCUT2D eigenvalue weighted by Crippen LogP contribution is -2.28. The van der Waals surface area contributed by atoms with Crippen LogP contribution in [-0.4, -0.2) is 11.2 Å². The summed E-state index contributed by atoms with van der Waals surface area (Å²) in [6.45, 7) is 22.5. The van der Waals surface area contributed by atoms with Crippen molar-refractivity contribution in [2.75, 3.05) is 0 Å². The molecule has 0 heterocycles. The average molecular weight is 557 g/mol. The predicted octanol–water partition coefficient (Wildman–Crippen LogP) is 11.6. The van der Waals surface area contributed by atoms with E-state index in [0.29, 0.717) is 5.41 Å². The highest BCUT2D eigenvalue weighted by Gasteiger charge is 2.32. The van der Waals surface area contributed by atoms with E-state index in [1.54, 1.807) is 11.1 Å². The SMILES string of the molecule is CC1=C(C#C/C(C)=C/C=C/C(C)=C/CCCC(C)CC/C=C(C)\C=C\C2=C(C)CCCC2(C)C)C(C)(C)C[C@H](O)C1. The lowest BCUT2D eigenvalue weighted by atomic mass is 9.72. The molecule has 0 aliphatic heterocycles. The summed E-state index contributed by atoms with van der Waals surface area (Å²) >= 11 is 0. The van der Waals surface area contributed by atoms with E-state index in [4.69, 9.17) is 0 Å². The van der Waals surface area contributed by atoms with Crippen molar-refractivity contribution in [3.05, 3.63) is 81.5 Å². The van der Waals surface area contributed by atoms with E-state index >= 15 is 0 Å². The molecule has 226 valence electrons. The standard InChI is InChI=1S/C40H60O/c1-30(18-13-20-32(3)23-25-37-34(5)22-15-27-39(37,7)8)16-11-12-17-31(2)19-14-21-33(4)24-26-38-35(6)28-36(41)29-40(38,9)10/h14,17,19-21,23,25,30,36,41H,11-13,15-16,18,22,27-29H2,1-10H3/b19-14+,25-23+,31-17+,32-20-,33-21+/t30?,36-/m1/s1. The van der Waals surface area contributed by atoms with Gasteiger partial charge >= 0.3 is 0 Å². The summed E-state index contributed by atoms with van der Waals surface area (Å²) < 4.78 is 0. The van der Waals surface area contributed by atoms with Crippen molar-refractivity contribution in [3.63, 3.8) is 0 Å². The molecular formula is C40H60O. The second-order valence-electron chi connectivity index (χ2n) is 14.3. The van der Waals surface area contributed by atoms with E-state index in [9.17, 15) is 5.11 Å². The normalized spacial score (nSPS) is 22.9. The first-order chi connectivity index (χ1) is 19.2. The van der Waals surface area contributed by atoms with Crippen molar-refractivity contribution < 1.29 is 5.11 Å². The number of hydrogen-bond acceptors (Lipinski definition) is 1. The van der Waals surface area contributed by atoms with Crippen molar-refractivity contribution in [1.29, 1.82) is 0 Å². The highest BCUT2D eigenvalue weighted by molar-refractivity contribution is 5.45. The summed E-state index contributed by atoms with van der Waals surface area (Å²) in [4.78, 5) is 0. The van der Waals surface area contributed by atoms with Gasteiger partial charge in [-0.1, -0.05) is 118 Å². The Hall–Kier alpha value is -2.30. The van der Waals surface area contributed by atoms with Crippen LogP contribution in [0.2, 0.25) is 0 Å². The molecule has 0 spiro atoms. The van der Waals surface area contributed by atoms with Crippen LogP contribution in [-0.2, 0) is 0 Å². The van der Waals surface area contributed by atoms with E-state index in [-0.39, 0.29) is 11.5 Å². The van der Waals surface area contributed by atoms with Gasteiger partial charge in [-0.3, -0.25) is 0 Å². The molecule has 41 heavy (non-hydrogen) atoms. The van der Waals surface area contributed by atoms with E-state index < -0.39 is 0 Å². The van der Waals surface area contributed by atoms with Crippen LogP contribution in [0.5, 0.6) is 0 Å². The first kappa shape index (κ1) is 34.9. The molecule has 0 radical (unpaired) electrons. The van der Waals surface area contributed by atoms with E-state index in [2.05, 4.69) is 124 Å². The quantitative estimate of drug-likeness (QED) is 0.152. The first-order valence-corrected chi connectivity index (χ1v) is 16.2. The molecule has 1 N–H and O–H groups in total. The fourth-order valence-corrected chi connectivity index (χ4v) is 6.52. The zero-order valence-corrected chi connectivity index (χ0v) is 28.2. The number of allylic oxidation sites excluding steroid dienone is 13. The molecule has 2 aliphatic carbocycles. The molecule has 0 aromatic rings. The Morgan fingerprint density at radius 1 is 0.951 bits per heavy atom. The highest BCUT2D eigenvalue weighted by Crippen LogP contribution is 2.41. The van der Waals surface area contributed by atoms with Crippen LogP contribution in [0.15, 0.2) is 81.5 Å². The number of rotatable bonds is 11. The predicted molar refractivity (Wildman–Crippen MR) is 182 cm³/mol. The van der Waals surface area contributed by atoms with Crippen LogP contribution in [0, 0.1) is 28.6 Å². The van der Waals surface area contributed by atoms with Gasteiger partial charge in [0.2, 0.25) is 0 Å². The number of aliphatic hydroxyl groups is 1. The third-order valence-corrected chi connectivity index (χ3v) is 9.03. The van der Waals surface area contributed by atoms with Gasteiger partial charge in [0.1, 0.15) is 0 Å². The maximum atomic E-state index is 10.1. The summed E-state index contributed by atoms with van der Waals surface area (Å²) in [5.74, 6) is 7.50. The van der Waals surface area contributed by atoms with E-state index in [0.717, 1.165) is 30.8 Å². The zero-order chi connectivity index (χ0) is 30.6. The minimum Gasteiger partial charge on any atom is -0.393 e. The second-order valence-corrected chi connectivity index (χ2v) is 14.3. The lowest BCUT2D eigenvalue weighted by Gasteiger charge is -2.34. The third kappa shape index (κ3) is 12.2. The van der Waals surface area contributed by atoms with Crippen LogP contribution in [0.3, 0.4) is 0 Å². The Balaban J connectivity index is 1.74. The van der Waals surface area contributed by atoms with Gasteiger partial charge in [0.25, 0.3) is 0 Å². The molecule has 2 aliphatic rings. The van der Waals surface area contributed by atoms with Gasteiger partial charge in [-0.05, 0) is 115 Å². The maximum absolute atomic E-state index is 10.1. The molecule has 0 aromatic carbocycles. The highest BCUT2D eigenvalue weighted by atomic mass is 16.3. The molecule has 0 fully saturated rings. The van der Waals surface area contributed by atoms with Gasteiger partial charge in [-0.15, -0.1) is 0 Å². The van der Waals surface area contributed by atoms with Crippen LogP contribution in [0.1, 0.15) is 133 Å². The lowest BCUT2D eigenvalue weighted by molar-refractivity contribution is 0.117. The van der Waals surface area contributed by atoms with Gasteiger partial charge < -0.3 is 5.11 Å². The van der Waals surface area contributed by atoms with Crippen molar-refractivity contribution in [3.8, 4) is 11.8 Å². The summed E-state index contributed by atoms with van der Waals surface area (Å²) in [6, 6.07) is 0. The van der Waals surface area contributed by atoms with Gasteiger partial charge in [0, 0.05) is 11.0 Å². The van der Waals surface area contributed by atoms with Gasteiger partial charge in [0.15, 0.2) is 0 Å². The van der Waals surface area contributed by atoms with Crippen molar-refractivity contribution in [1.82, 2.24) is 0 Å². The average Bonchev–Trinajstić information content (AvgIpc) is 2.84. The summed E-state index contributed by atoms with van der Waals surface area (Å²) in [5.41, 5.74) is 9.57. The molecular weight excluding hydrogens is 496 g/mol. The van der Waals surface area contributed by atoms with Gasteiger partial charge in [-0.2, -0.15) is 0 Å². The molecule has 0 amide bonds. The smallest absolute Gasteiger partial charge is 0.0586 e. The molecule has 0 saturated heterocycles. The number of aliphatic hydroxyl groups excluding tert-OH is 1. The van der Waals surface area contributed by atoms with Crippen LogP contribution in [0.4, 0.5) is 0 Å². The minimum absolute atomic E-state index is 0.0576. The second kappa shape index (κ2) is 16.4. The number of unbranched alkanes of at least 4 members (excludes halogenated alkanes) is 1. The molecule has 2 rings (SSSR count). The Morgan fingerprint density at radius 3 is 2.32 bits per heavy atom. The molecule has 0 bridgehead atoms. The minimum atomic E-state index is -0.242. The Kier molecular flexibility index (Phi) is 13.9. The molecule has 0 aromatic heterocycles. The molecule has 1 nitrogen and oxygen atoms in total. The van der Waals surface area contributed by atoms with Gasteiger partial charge in [-0.25, -0.2) is 0 Å². The Labute approximate surface area is 254 Å². The first-order valence-electron chi connectivity index (χ1n) is 16.2. The molecule has 0 saturated carbocycles. The third-order valence-electron chi connectivity index (χ3n) is 9.03.